The smallest absolute Gasteiger partial charge is 0.320 e. The predicted octanol–water partition coefficient (Wildman–Crippen LogP) is -0.853. The average Bonchev–Trinajstić information content (AvgIpc) is 2.03. The molecule has 0 aliphatic rings. The van der Waals surface area contributed by atoms with Gasteiger partial charge in [-0.2, -0.15) is 0 Å². The maximum Gasteiger partial charge on any atom is 0.320 e. The minimum Gasteiger partial charge on any atom is -0.480 e. The zero-order chi connectivity index (χ0) is 11.3. The van der Waals surface area contributed by atoms with Crippen LogP contribution in [0.4, 0.5) is 0 Å². The van der Waals surface area contributed by atoms with E-state index in [1.165, 1.54) is 0 Å². The molecule has 80 valence electrons. The van der Waals surface area contributed by atoms with E-state index in [0.29, 0.717) is 5.57 Å². The van der Waals surface area contributed by atoms with Gasteiger partial charge in [0.2, 0.25) is 0 Å². The Morgan fingerprint density at radius 2 is 1.36 bits per heavy atom. The number of carboxylic acid groups (broad SMARTS) is 2. The van der Waals surface area contributed by atoms with E-state index in [1.807, 2.05) is 0 Å². The highest BCUT2D eigenvalue weighted by atomic mass is 16.4. The van der Waals surface area contributed by atoms with E-state index in [1.54, 1.807) is 0 Å². The molecule has 0 aliphatic heterocycles. The largest absolute Gasteiger partial charge is 0.480 e. The molecule has 0 rings (SSSR count). The van der Waals surface area contributed by atoms with Gasteiger partial charge in [0.05, 0.1) is 0 Å². The summed E-state index contributed by atoms with van der Waals surface area (Å²) in [6.07, 6.45) is 0.0760. The van der Waals surface area contributed by atoms with Crippen LogP contribution in [0.25, 0.3) is 0 Å². The van der Waals surface area contributed by atoms with Gasteiger partial charge in [-0.15, -0.1) is 0 Å². The molecule has 6 heteroatoms. The van der Waals surface area contributed by atoms with E-state index in [-0.39, 0.29) is 12.8 Å². The average molecular weight is 202 g/mol. The summed E-state index contributed by atoms with van der Waals surface area (Å²) < 4.78 is 0. The number of aliphatic carboxylic acids is 2. The number of rotatable bonds is 6. The molecule has 0 fully saturated rings. The molecule has 0 aromatic rings. The van der Waals surface area contributed by atoms with Crippen molar-refractivity contribution >= 4 is 11.9 Å². The highest BCUT2D eigenvalue weighted by Crippen LogP contribution is 2.08. The van der Waals surface area contributed by atoms with Gasteiger partial charge in [-0.1, -0.05) is 12.2 Å². The van der Waals surface area contributed by atoms with E-state index >= 15 is 0 Å². The van der Waals surface area contributed by atoms with Crippen molar-refractivity contribution < 1.29 is 19.8 Å². The summed E-state index contributed by atoms with van der Waals surface area (Å²) in [7, 11) is 0. The van der Waals surface area contributed by atoms with Crippen LogP contribution in [0.5, 0.6) is 0 Å². The second-order valence-corrected chi connectivity index (χ2v) is 3.05. The Labute approximate surface area is 81.2 Å². The highest BCUT2D eigenvalue weighted by molar-refractivity contribution is 5.74. The summed E-state index contributed by atoms with van der Waals surface area (Å²) in [5.41, 5.74) is 10.9. The summed E-state index contributed by atoms with van der Waals surface area (Å²) in [5.74, 6) is -2.29. The molecule has 0 aliphatic carbocycles. The number of hydrogen-bond donors (Lipinski definition) is 4. The van der Waals surface area contributed by atoms with Crippen LogP contribution in [-0.4, -0.2) is 34.2 Å². The van der Waals surface area contributed by atoms with Crippen LogP contribution in [0.2, 0.25) is 0 Å². The minimum atomic E-state index is -1.14. The molecule has 2 atom stereocenters. The van der Waals surface area contributed by atoms with Crippen molar-refractivity contribution in [1.29, 1.82) is 0 Å². The van der Waals surface area contributed by atoms with Gasteiger partial charge in [0.15, 0.2) is 0 Å². The monoisotopic (exact) mass is 202 g/mol. The molecule has 14 heavy (non-hydrogen) atoms. The number of carbonyl (C=O) groups is 2. The van der Waals surface area contributed by atoms with Gasteiger partial charge in [-0.25, -0.2) is 0 Å². The lowest BCUT2D eigenvalue weighted by Gasteiger charge is -2.11. The van der Waals surface area contributed by atoms with Crippen LogP contribution in [0.15, 0.2) is 12.2 Å². The molecule has 0 heterocycles. The number of carboxylic acids is 2. The lowest BCUT2D eigenvalue weighted by molar-refractivity contribution is -0.139. The van der Waals surface area contributed by atoms with Crippen molar-refractivity contribution in [2.45, 2.75) is 24.9 Å². The van der Waals surface area contributed by atoms with Crippen molar-refractivity contribution in [2.75, 3.05) is 0 Å². The first kappa shape index (κ1) is 12.6. The molecule has 0 radical (unpaired) electrons. The summed E-state index contributed by atoms with van der Waals surface area (Å²) in [5, 5.41) is 16.9. The van der Waals surface area contributed by atoms with Gasteiger partial charge in [0, 0.05) is 0 Å². The van der Waals surface area contributed by atoms with Gasteiger partial charge >= 0.3 is 11.9 Å². The van der Waals surface area contributed by atoms with Gasteiger partial charge in [-0.05, 0) is 12.8 Å². The first-order valence-electron chi connectivity index (χ1n) is 3.98. The molecule has 0 aromatic heterocycles. The molecule has 0 bridgehead atoms. The van der Waals surface area contributed by atoms with E-state index < -0.39 is 24.0 Å². The highest BCUT2D eigenvalue weighted by Gasteiger charge is 2.17. The molecule has 6 nitrogen and oxygen atoms in total. The normalized spacial score (nSPS) is 14.4. The van der Waals surface area contributed by atoms with Crippen molar-refractivity contribution in [3.8, 4) is 0 Å². The molecule has 0 unspecified atom stereocenters. The Kier molecular flexibility index (Phi) is 4.82. The van der Waals surface area contributed by atoms with Gasteiger partial charge in [0.1, 0.15) is 12.1 Å². The topological polar surface area (TPSA) is 127 Å². The lowest BCUT2D eigenvalue weighted by atomic mass is 10.0. The molecular formula is C8H14N2O4. The molecule has 0 spiro atoms. The zero-order valence-electron chi connectivity index (χ0n) is 7.64. The Morgan fingerprint density at radius 3 is 1.57 bits per heavy atom. The molecule has 0 saturated carbocycles. The second kappa shape index (κ2) is 5.36. The number of hydrogen-bond acceptors (Lipinski definition) is 4. The Morgan fingerprint density at radius 1 is 1.07 bits per heavy atom. The maximum atomic E-state index is 10.3. The molecule has 0 saturated heterocycles. The van der Waals surface area contributed by atoms with Gasteiger partial charge < -0.3 is 21.7 Å². The molecular weight excluding hydrogens is 188 g/mol. The zero-order valence-corrected chi connectivity index (χ0v) is 7.64. The van der Waals surface area contributed by atoms with Crippen LogP contribution in [0, 0.1) is 0 Å². The molecule has 0 amide bonds. The third kappa shape index (κ3) is 4.58. The first-order chi connectivity index (χ1) is 6.34. The van der Waals surface area contributed by atoms with Crippen LogP contribution in [-0.2, 0) is 9.59 Å². The maximum absolute atomic E-state index is 10.3. The van der Waals surface area contributed by atoms with Crippen molar-refractivity contribution in [2.24, 2.45) is 11.5 Å². The standard InChI is InChI=1S/C8H14N2O4/c1-4(2-5(9)7(11)12)3-6(10)8(13)14/h5-6H,1-3,9-10H2,(H,11,12)(H,13,14)/t5-,6-/m1/s1. The second-order valence-electron chi connectivity index (χ2n) is 3.05. The predicted molar refractivity (Wildman–Crippen MR) is 49.6 cm³/mol. The molecule has 6 N–H and O–H groups in total. The first-order valence-corrected chi connectivity index (χ1v) is 3.98. The van der Waals surface area contributed by atoms with Crippen molar-refractivity contribution in [1.82, 2.24) is 0 Å². The van der Waals surface area contributed by atoms with Crippen LogP contribution in [0.1, 0.15) is 12.8 Å². The van der Waals surface area contributed by atoms with Crippen LogP contribution >= 0.6 is 0 Å². The van der Waals surface area contributed by atoms with Gasteiger partial charge in [0.25, 0.3) is 0 Å². The van der Waals surface area contributed by atoms with Crippen molar-refractivity contribution in [3.05, 3.63) is 12.2 Å². The van der Waals surface area contributed by atoms with E-state index in [2.05, 4.69) is 6.58 Å². The Bertz CT molecular complexity index is 228. The fourth-order valence-electron chi connectivity index (χ4n) is 0.880. The fraction of sp³-hybridized carbons (Fsp3) is 0.500. The van der Waals surface area contributed by atoms with Crippen molar-refractivity contribution in [3.63, 3.8) is 0 Å². The third-order valence-electron chi connectivity index (χ3n) is 1.65. The van der Waals surface area contributed by atoms with E-state index in [4.69, 9.17) is 21.7 Å². The SMILES string of the molecule is C=C(C[C@@H](N)C(=O)O)C[C@@H](N)C(=O)O. The summed E-state index contributed by atoms with van der Waals surface area (Å²) in [4.78, 5) is 20.7. The fourth-order valence-corrected chi connectivity index (χ4v) is 0.880. The Balaban J connectivity index is 3.99. The third-order valence-corrected chi connectivity index (χ3v) is 1.65. The van der Waals surface area contributed by atoms with E-state index in [0.717, 1.165) is 0 Å². The van der Waals surface area contributed by atoms with Crippen LogP contribution in [0.3, 0.4) is 0 Å². The molecule has 0 aromatic carbocycles. The summed E-state index contributed by atoms with van der Waals surface area (Å²) in [6, 6.07) is -2.10. The quantitative estimate of drug-likeness (QED) is 0.415. The number of nitrogens with two attached hydrogens (primary N) is 2. The van der Waals surface area contributed by atoms with Gasteiger partial charge in [-0.3, -0.25) is 9.59 Å². The minimum absolute atomic E-state index is 0.0380. The van der Waals surface area contributed by atoms with Crippen LogP contribution < -0.4 is 11.5 Å². The Hall–Kier alpha value is -1.40. The summed E-state index contributed by atoms with van der Waals surface area (Å²) in [6.45, 7) is 3.51. The lowest BCUT2D eigenvalue weighted by Crippen LogP contribution is -2.33. The van der Waals surface area contributed by atoms with E-state index in [9.17, 15) is 9.59 Å². The summed E-state index contributed by atoms with van der Waals surface area (Å²) >= 11 is 0.